The molecular formula is C15H30N4O. The number of nitrogens with one attached hydrogen (secondary N) is 2. The molecule has 20 heavy (non-hydrogen) atoms. The second-order valence-electron chi connectivity index (χ2n) is 6.33. The number of rotatable bonds is 5. The molecule has 5 heteroatoms. The summed E-state index contributed by atoms with van der Waals surface area (Å²) < 4.78 is 5.51. The minimum atomic E-state index is 0.187. The van der Waals surface area contributed by atoms with Crippen LogP contribution in [0.25, 0.3) is 0 Å². The number of aliphatic imine (C=N–C) groups is 1. The molecule has 2 fully saturated rings. The smallest absolute Gasteiger partial charge is 0.191 e. The lowest BCUT2D eigenvalue weighted by Gasteiger charge is -2.43. The van der Waals surface area contributed by atoms with Crippen LogP contribution in [0.4, 0.5) is 0 Å². The normalized spacial score (nSPS) is 23.5. The first-order chi connectivity index (χ1) is 9.66. The van der Waals surface area contributed by atoms with Gasteiger partial charge in [-0.1, -0.05) is 6.42 Å². The van der Waals surface area contributed by atoms with Crippen molar-refractivity contribution in [1.82, 2.24) is 15.5 Å². The molecule has 116 valence electrons. The van der Waals surface area contributed by atoms with E-state index in [0.29, 0.717) is 0 Å². The Hall–Kier alpha value is -0.810. The molecule has 1 saturated carbocycles. The summed E-state index contributed by atoms with van der Waals surface area (Å²) in [6.07, 6.45) is 6.27. The predicted molar refractivity (Wildman–Crippen MR) is 83.2 cm³/mol. The lowest BCUT2D eigenvalue weighted by atomic mass is 9.85. The van der Waals surface area contributed by atoms with E-state index in [1.165, 1.54) is 19.3 Å². The molecule has 0 atom stereocenters. The first-order valence-electron chi connectivity index (χ1n) is 7.86. The number of hydrogen-bond donors (Lipinski definition) is 2. The Bertz CT molecular complexity index is 320. The van der Waals surface area contributed by atoms with Gasteiger partial charge in [-0.3, -0.25) is 4.99 Å². The molecule has 0 amide bonds. The third kappa shape index (κ3) is 3.85. The number of ether oxygens (including phenoxy) is 1. The van der Waals surface area contributed by atoms with E-state index in [2.05, 4.69) is 34.6 Å². The fourth-order valence-corrected chi connectivity index (χ4v) is 2.94. The summed E-state index contributed by atoms with van der Waals surface area (Å²) in [7, 11) is 6.18. The van der Waals surface area contributed by atoms with Gasteiger partial charge in [0.2, 0.25) is 0 Å². The lowest BCUT2D eigenvalue weighted by molar-refractivity contribution is -0.00502. The quantitative estimate of drug-likeness (QED) is 0.585. The molecule has 2 aliphatic rings. The Morgan fingerprint density at radius 1 is 1.25 bits per heavy atom. The number of guanidine groups is 1. The van der Waals surface area contributed by atoms with Gasteiger partial charge in [-0.25, -0.2) is 0 Å². The highest BCUT2D eigenvalue weighted by Crippen LogP contribution is 2.26. The Kier molecular flexibility index (Phi) is 5.66. The molecule has 0 aromatic rings. The van der Waals surface area contributed by atoms with Crippen LogP contribution in [0.3, 0.4) is 0 Å². The standard InChI is InChI=1S/C15H30N4O/c1-16-14(17-11-13-5-4-6-13)18-12-15(19(2)3)7-9-20-10-8-15/h13H,4-12H2,1-3H3,(H2,16,17,18). The van der Waals surface area contributed by atoms with Gasteiger partial charge in [0.1, 0.15) is 0 Å². The zero-order valence-corrected chi connectivity index (χ0v) is 13.2. The average molecular weight is 282 g/mol. The highest BCUT2D eigenvalue weighted by molar-refractivity contribution is 5.79. The van der Waals surface area contributed by atoms with E-state index < -0.39 is 0 Å². The maximum Gasteiger partial charge on any atom is 0.191 e. The van der Waals surface area contributed by atoms with Gasteiger partial charge in [0, 0.05) is 38.9 Å². The molecule has 0 unspecified atom stereocenters. The van der Waals surface area contributed by atoms with E-state index in [9.17, 15) is 0 Å². The van der Waals surface area contributed by atoms with E-state index in [1.54, 1.807) is 0 Å². The Morgan fingerprint density at radius 3 is 2.45 bits per heavy atom. The van der Waals surface area contributed by atoms with Gasteiger partial charge < -0.3 is 20.3 Å². The number of likely N-dealkylation sites (N-methyl/N-ethyl adjacent to an activating group) is 1. The van der Waals surface area contributed by atoms with Crippen LogP contribution in [0.2, 0.25) is 0 Å². The maximum absolute atomic E-state index is 5.51. The molecule has 2 rings (SSSR count). The van der Waals surface area contributed by atoms with E-state index in [1.807, 2.05) is 7.05 Å². The highest BCUT2D eigenvalue weighted by atomic mass is 16.5. The summed E-state index contributed by atoms with van der Waals surface area (Å²) in [6, 6.07) is 0. The van der Waals surface area contributed by atoms with Crippen molar-refractivity contribution in [1.29, 1.82) is 0 Å². The van der Waals surface area contributed by atoms with Crippen LogP contribution >= 0.6 is 0 Å². The van der Waals surface area contributed by atoms with Crippen molar-refractivity contribution in [3.8, 4) is 0 Å². The molecule has 0 aromatic heterocycles. The van der Waals surface area contributed by atoms with Crippen molar-refractivity contribution in [3.05, 3.63) is 0 Å². The topological polar surface area (TPSA) is 48.9 Å². The summed E-state index contributed by atoms with van der Waals surface area (Å²) in [5.74, 6) is 1.78. The Labute approximate surface area is 123 Å². The molecule has 1 saturated heterocycles. The van der Waals surface area contributed by atoms with Crippen LogP contribution in [0.5, 0.6) is 0 Å². The molecule has 1 aliphatic carbocycles. The summed E-state index contributed by atoms with van der Waals surface area (Å²) in [6.45, 7) is 3.69. The van der Waals surface area contributed by atoms with Gasteiger partial charge in [-0.05, 0) is 45.7 Å². The van der Waals surface area contributed by atoms with Crippen LogP contribution in [0.15, 0.2) is 4.99 Å². The van der Waals surface area contributed by atoms with Crippen LogP contribution in [0, 0.1) is 5.92 Å². The zero-order chi connectivity index (χ0) is 14.4. The minimum Gasteiger partial charge on any atom is -0.381 e. The third-order valence-electron chi connectivity index (χ3n) is 4.96. The number of nitrogens with zero attached hydrogens (tertiary/aromatic N) is 2. The van der Waals surface area contributed by atoms with Crippen molar-refractivity contribution in [2.45, 2.75) is 37.6 Å². The van der Waals surface area contributed by atoms with E-state index in [0.717, 1.165) is 51.0 Å². The van der Waals surface area contributed by atoms with Crippen molar-refractivity contribution in [3.63, 3.8) is 0 Å². The largest absolute Gasteiger partial charge is 0.381 e. The second-order valence-corrected chi connectivity index (χ2v) is 6.33. The van der Waals surface area contributed by atoms with Gasteiger partial charge in [0.15, 0.2) is 5.96 Å². The van der Waals surface area contributed by atoms with Crippen LogP contribution < -0.4 is 10.6 Å². The van der Waals surface area contributed by atoms with Crippen molar-refractivity contribution < 1.29 is 4.74 Å². The Morgan fingerprint density at radius 2 is 1.95 bits per heavy atom. The van der Waals surface area contributed by atoms with Crippen molar-refractivity contribution in [2.75, 3.05) is 47.4 Å². The van der Waals surface area contributed by atoms with E-state index >= 15 is 0 Å². The highest BCUT2D eigenvalue weighted by Gasteiger charge is 2.34. The molecule has 2 N–H and O–H groups in total. The fraction of sp³-hybridized carbons (Fsp3) is 0.933. The first kappa shape index (κ1) is 15.6. The monoisotopic (exact) mass is 282 g/mol. The average Bonchev–Trinajstić information content (AvgIpc) is 2.41. The van der Waals surface area contributed by atoms with Gasteiger partial charge in [0.25, 0.3) is 0 Å². The SMILES string of the molecule is CN=C(NCC1CCC1)NCC1(N(C)C)CCOCC1. The van der Waals surface area contributed by atoms with Crippen LogP contribution in [0.1, 0.15) is 32.1 Å². The lowest BCUT2D eigenvalue weighted by Crippen LogP contribution is -2.57. The molecule has 0 aromatic carbocycles. The van der Waals surface area contributed by atoms with Gasteiger partial charge >= 0.3 is 0 Å². The molecule has 5 nitrogen and oxygen atoms in total. The summed E-state index contributed by atoms with van der Waals surface area (Å²) in [5.41, 5.74) is 0.187. The van der Waals surface area contributed by atoms with Crippen molar-refractivity contribution >= 4 is 5.96 Å². The molecule has 1 aliphatic heterocycles. The Balaban J connectivity index is 1.80. The van der Waals surface area contributed by atoms with Crippen LogP contribution in [-0.2, 0) is 4.74 Å². The molecule has 0 spiro atoms. The molecule has 0 bridgehead atoms. The van der Waals surface area contributed by atoms with Gasteiger partial charge in [0.05, 0.1) is 0 Å². The fourth-order valence-electron chi connectivity index (χ4n) is 2.94. The second kappa shape index (κ2) is 7.27. The zero-order valence-electron chi connectivity index (χ0n) is 13.2. The summed E-state index contributed by atoms with van der Waals surface area (Å²) in [5, 5.41) is 6.96. The molecule has 0 radical (unpaired) electrons. The van der Waals surface area contributed by atoms with Crippen LogP contribution in [-0.4, -0.2) is 63.8 Å². The maximum atomic E-state index is 5.51. The van der Waals surface area contributed by atoms with E-state index in [4.69, 9.17) is 4.74 Å². The van der Waals surface area contributed by atoms with Crippen molar-refractivity contribution in [2.24, 2.45) is 10.9 Å². The van der Waals surface area contributed by atoms with Gasteiger partial charge in [-0.2, -0.15) is 0 Å². The first-order valence-corrected chi connectivity index (χ1v) is 7.86. The summed E-state index contributed by atoms with van der Waals surface area (Å²) >= 11 is 0. The van der Waals surface area contributed by atoms with E-state index in [-0.39, 0.29) is 5.54 Å². The third-order valence-corrected chi connectivity index (χ3v) is 4.96. The number of hydrogen-bond acceptors (Lipinski definition) is 3. The molecule has 1 heterocycles. The van der Waals surface area contributed by atoms with Gasteiger partial charge in [-0.15, -0.1) is 0 Å². The summed E-state index contributed by atoms with van der Waals surface area (Å²) in [4.78, 5) is 6.67. The molecular weight excluding hydrogens is 252 g/mol. The minimum absolute atomic E-state index is 0.187. The predicted octanol–water partition coefficient (Wildman–Crippen LogP) is 1.06.